The molecule has 0 fully saturated rings. The number of aliphatic carboxylic acids is 1. The Kier molecular flexibility index (Phi) is 6.38. The molecule has 0 spiro atoms. The fraction of sp³-hybridized carbons (Fsp3) is 0.533. The largest absolute Gasteiger partial charge is 0.481 e. The Hall–Kier alpha value is -1.31. The van der Waals surface area contributed by atoms with Gasteiger partial charge in [0, 0.05) is 0 Å². The first-order valence-corrected chi connectivity index (χ1v) is 6.47. The molecule has 0 aliphatic heterocycles. The van der Waals surface area contributed by atoms with E-state index in [0.717, 1.165) is 25.7 Å². The molecule has 0 amide bonds. The second-order valence-corrected chi connectivity index (χ2v) is 4.68. The van der Waals surface area contributed by atoms with Crippen molar-refractivity contribution >= 4 is 5.97 Å². The lowest BCUT2D eigenvalue weighted by Gasteiger charge is -2.05. The van der Waals surface area contributed by atoms with Crippen LogP contribution in [0, 0.1) is 5.92 Å². The van der Waals surface area contributed by atoms with Gasteiger partial charge in [0.05, 0.1) is 5.92 Å². The Morgan fingerprint density at radius 3 is 2.41 bits per heavy atom. The number of rotatable bonds is 8. The fourth-order valence-electron chi connectivity index (χ4n) is 1.90. The maximum absolute atomic E-state index is 10.6. The molecule has 2 heteroatoms. The maximum Gasteiger partial charge on any atom is 0.306 e. The predicted molar refractivity (Wildman–Crippen MR) is 70.0 cm³/mol. The van der Waals surface area contributed by atoms with Crippen LogP contribution in [0.2, 0.25) is 0 Å². The minimum atomic E-state index is -0.672. The van der Waals surface area contributed by atoms with E-state index in [9.17, 15) is 4.79 Å². The Morgan fingerprint density at radius 2 is 1.76 bits per heavy atom. The smallest absolute Gasteiger partial charge is 0.306 e. The van der Waals surface area contributed by atoms with Crippen molar-refractivity contribution in [2.24, 2.45) is 5.92 Å². The van der Waals surface area contributed by atoms with Crippen LogP contribution < -0.4 is 0 Å². The first-order chi connectivity index (χ1) is 8.20. The van der Waals surface area contributed by atoms with Gasteiger partial charge in [-0.05, 0) is 24.8 Å². The molecule has 0 aromatic heterocycles. The van der Waals surface area contributed by atoms with Gasteiger partial charge in [-0.3, -0.25) is 4.79 Å². The minimum absolute atomic E-state index is 0.191. The van der Waals surface area contributed by atoms with Gasteiger partial charge in [-0.15, -0.1) is 0 Å². The molecule has 1 unspecified atom stereocenters. The molecule has 1 aromatic carbocycles. The molecule has 1 aromatic rings. The molecular formula is C15H22O2. The zero-order valence-corrected chi connectivity index (χ0v) is 10.6. The molecule has 2 nitrogen and oxygen atoms in total. The predicted octanol–water partition coefficient (Wildman–Crippen LogP) is 3.90. The van der Waals surface area contributed by atoms with E-state index in [1.807, 2.05) is 6.07 Å². The van der Waals surface area contributed by atoms with E-state index in [4.69, 9.17) is 5.11 Å². The quantitative estimate of drug-likeness (QED) is 0.693. The van der Waals surface area contributed by atoms with Gasteiger partial charge in [0.2, 0.25) is 0 Å². The monoisotopic (exact) mass is 234 g/mol. The summed E-state index contributed by atoms with van der Waals surface area (Å²) in [5, 5.41) is 8.73. The molecule has 0 aliphatic carbocycles. The van der Waals surface area contributed by atoms with E-state index in [0.29, 0.717) is 0 Å². The van der Waals surface area contributed by atoms with Crippen molar-refractivity contribution in [3.63, 3.8) is 0 Å². The first kappa shape index (κ1) is 13.8. The Morgan fingerprint density at radius 1 is 1.12 bits per heavy atom. The number of hydrogen-bond donors (Lipinski definition) is 1. The number of aryl methyl sites for hydroxylation is 1. The second kappa shape index (κ2) is 7.88. The summed E-state index contributed by atoms with van der Waals surface area (Å²) in [6, 6.07) is 10.5. The van der Waals surface area contributed by atoms with Crippen molar-refractivity contribution in [3.8, 4) is 0 Å². The topological polar surface area (TPSA) is 37.3 Å². The molecule has 94 valence electrons. The average molecular weight is 234 g/mol. The highest BCUT2D eigenvalue weighted by molar-refractivity contribution is 5.69. The average Bonchev–Trinajstić information content (AvgIpc) is 2.34. The number of carbonyl (C=O) groups is 1. The summed E-state index contributed by atoms with van der Waals surface area (Å²) in [5.41, 5.74) is 1.39. The zero-order chi connectivity index (χ0) is 12.5. The lowest BCUT2D eigenvalue weighted by molar-refractivity contribution is -0.141. The van der Waals surface area contributed by atoms with E-state index in [-0.39, 0.29) is 5.92 Å². The van der Waals surface area contributed by atoms with Gasteiger partial charge in [-0.2, -0.15) is 0 Å². The highest BCUT2D eigenvalue weighted by atomic mass is 16.4. The minimum Gasteiger partial charge on any atom is -0.481 e. The third kappa shape index (κ3) is 6.10. The summed E-state index contributed by atoms with van der Waals surface area (Å²) in [6.45, 7) is 1.78. The van der Waals surface area contributed by atoms with Crippen LogP contribution in [0.5, 0.6) is 0 Å². The van der Waals surface area contributed by atoms with Crippen LogP contribution in [0.3, 0.4) is 0 Å². The molecule has 1 N–H and O–H groups in total. The Labute approximate surface area is 104 Å². The molecule has 0 radical (unpaired) electrons. The van der Waals surface area contributed by atoms with Crippen LogP contribution in [-0.2, 0) is 11.2 Å². The van der Waals surface area contributed by atoms with Crippen LogP contribution in [-0.4, -0.2) is 11.1 Å². The van der Waals surface area contributed by atoms with E-state index in [1.165, 1.54) is 18.4 Å². The molecule has 0 aliphatic rings. The summed E-state index contributed by atoms with van der Waals surface area (Å²) in [4.78, 5) is 10.6. The number of unbranched alkanes of at least 4 members (excludes halogenated alkanes) is 3. The maximum atomic E-state index is 10.6. The highest BCUT2D eigenvalue weighted by Gasteiger charge is 2.09. The number of hydrogen-bond acceptors (Lipinski definition) is 1. The van der Waals surface area contributed by atoms with Crippen LogP contribution >= 0.6 is 0 Å². The van der Waals surface area contributed by atoms with Crippen molar-refractivity contribution in [2.75, 3.05) is 0 Å². The number of benzene rings is 1. The summed E-state index contributed by atoms with van der Waals surface area (Å²) < 4.78 is 0. The molecule has 0 saturated carbocycles. The van der Waals surface area contributed by atoms with Crippen molar-refractivity contribution in [3.05, 3.63) is 35.9 Å². The lowest BCUT2D eigenvalue weighted by Crippen LogP contribution is -2.08. The SMILES string of the molecule is CC(CCCCCCc1ccccc1)C(=O)O. The Bertz CT molecular complexity index is 319. The van der Waals surface area contributed by atoms with E-state index in [1.54, 1.807) is 6.92 Å². The van der Waals surface area contributed by atoms with Gasteiger partial charge in [0.25, 0.3) is 0 Å². The summed E-state index contributed by atoms with van der Waals surface area (Å²) in [7, 11) is 0. The van der Waals surface area contributed by atoms with Crippen molar-refractivity contribution in [1.82, 2.24) is 0 Å². The van der Waals surface area contributed by atoms with E-state index >= 15 is 0 Å². The number of carboxylic acid groups (broad SMARTS) is 1. The van der Waals surface area contributed by atoms with E-state index in [2.05, 4.69) is 24.3 Å². The van der Waals surface area contributed by atoms with Crippen molar-refractivity contribution < 1.29 is 9.90 Å². The van der Waals surface area contributed by atoms with Gasteiger partial charge >= 0.3 is 5.97 Å². The zero-order valence-electron chi connectivity index (χ0n) is 10.6. The lowest BCUT2D eigenvalue weighted by atomic mass is 10.0. The molecule has 1 atom stereocenters. The van der Waals surface area contributed by atoms with Crippen LogP contribution in [0.15, 0.2) is 30.3 Å². The van der Waals surface area contributed by atoms with Crippen LogP contribution in [0.25, 0.3) is 0 Å². The van der Waals surface area contributed by atoms with Crippen molar-refractivity contribution in [1.29, 1.82) is 0 Å². The molecular weight excluding hydrogens is 212 g/mol. The van der Waals surface area contributed by atoms with Gasteiger partial charge in [0.15, 0.2) is 0 Å². The normalized spacial score (nSPS) is 12.3. The van der Waals surface area contributed by atoms with Gasteiger partial charge in [-0.25, -0.2) is 0 Å². The van der Waals surface area contributed by atoms with E-state index < -0.39 is 5.97 Å². The van der Waals surface area contributed by atoms with Crippen LogP contribution in [0.4, 0.5) is 0 Å². The molecule has 0 heterocycles. The summed E-state index contributed by atoms with van der Waals surface area (Å²) >= 11 is 0. The first-order valence-electron chi connectivity index (χ1n) is 6.47. The second-order valence-electron chi connectivity index (χ2n) is 4.68. The van der Waals surface area contributed by atoms with Gasteiger partial charge in [0.1, 0.15) is 0 Å². The van der Waals surface area contributed by atoms with Crippen LogP contribution in [0.1, 0.15) is 44.6 Å². The fourth-order valence-corrected chi connectivity index (χ4v) is 1.90. The molecule has 0 saturated heterocycles. The summed E-state index contributed by atoms with van der Waals surface area (Å²) in [6.07, 6.45) is 6.51. The highest BCUT2D eigenvalue weighted by Crippen LogP contribution is 2.12. The van der Waals surface area contributed by atoms with Gasteiger partial charge in [-0.1, -0.05) is 56.5 Å². The molecule has 1 rings (SSSR count). The standard InChI is InChI=1S/C15H22O2/c1-13(15(16)17)9-5-2-3-6-10-14-11-7-4-8-12-14/h4,7-8,11-13H,2-3,5-6,9-10H2,1H3,(H,16,17). The third-order valence-corrected chi connectivity index (χ3v) is 3.12. The molecule has 17 heavy (non-hydrogen) atoms. The molecule has 0 bridgehead atoms. The van der Waals surface area contributed by atoms with Crippen molar-refractivity contribution in [2.45, 2.75) is 45.4 Å². The summed E-state index contributed by atoms with van der Waals surface area (Å²) in [5.74, 6) is -0.863. The Balaban J connectivity index is 2.00. The third-order valence-electron chi connectivity index (χ3n) is 3.12. The number of carboxylic acids is 1. The van der Waals surface area contributed by atoms with Gasteiger partial charge < -0.3 is 5.11 Å².